The smallest absolute Gasteiger partial charge is 0.333 e. The molecule has 4 heteroatoms. The van der Waals surface area contributed by atoms with Crippen LogP contribution in [0.5, 0.6) is 0 Å². The molecule has 0 fully saturated rings. The Morgan fingerprint density at radius 2 is 0.976 bits per heavy atom. The second kappa shape index (κ2) is 11.8. The SMILES string of the molecule is C=C(C)C(=O)OCCC1(CCOC(=O)C(=C)C)c2ccc(-c3ccccc3)cc2-c2cc(-c3ccccc3)ccc21. The molecular formula is C37H34O4. The van der Waals surface area contributed by atoms with E-state index in [9.17, 15) is 9.59 Å². The molecule has 0 atom stereocenters. The first-order valence-electron chi connectivity index (χ1n) is 13.9. The largest absolute Gasteiger partial charge is 0.462 e. The zero-order valence-electron chi connectivity index (χ0n) is 23.6. The number of carbonyl (C=O) groups excluding carboxylic acids is 2. The van der Waals surface area contributed by atoms with Crippen LogP contribution in [0.1, 0.15) is 37.8 Å². The number of fused-ring (bicyclic) bond motifs is 3. The summed E-state index contributed by atoms with van der Waals surface area (Å²) in [6.45, 7) is 11.1. The lowest BCUT2D eigenvalue weighted by Crippen LogP contribution is -2.30. The molecule has 0 bridgehead atoms. The molecule has 0 saturated carbocycles. The van der Waals surface area contributed by atoms with Crippen LogP contribution in [-0.4, -0.2) is 25.2 Å². The van der Waals surface area contributed by atoms with Crippen LogP contribution in [0, 0.1) is 0 Å². The van der Waals surface area contributed by atoms with Gasteiger partial charge in [-0.25, -0.2) is 9.59 Å². The molecule has 0 radical (unpaired) electrons. The van der Waals surface area contributed by atoms with E-state index in [1.165, 1.54) is 0 Å². The summed E-state index contributed by atoms with van der Waals surface area (Å²) >= 11 is 0. The predicted octanol–water partition coefficient (Wildman–Crippen LogP) is 8.31. The maximum atomic E-state index is 12.3. The van der Waals surface area contributed by atoms with E-state index in [4.69, 9.17) is 9.47 Å². The predicted molar refractivity (Wildman–Crippen MR) is 164 cm³/mol. The Morgan fingerprint density at radius 1 is 0.585 bits per heavy atom. The molecule has 4 nitrogen and oxygen atoms in total. The molecule has 0 N–H and O–H groups in total. The minimum absolute atomic E-state index is 0.208. The van der Waals surface area contributed by atoms with Crippen LogP contribution in [0.4, 0.5) is 0 Å². The van der Waals surface area contributed by atoms with Gasteiger partial charge in [0.05, 0.1) is 13.2 Å². The van der Waals surface area contributed by atoms with Gasteiger partial charge in [-0.05, 0) is 83.3 Å². The molecular weight excluding hydrogens is 508 g/mol. The quantitative estimate of drug-likeness (QED) is 0.149. The number of carbonyl (C=O) groups is 2. The van der Waals surface area contributed by atoms with Crippen molar-refractivity contribution in [2.75, 3.05) is 13.2 Å². The molecule has 0 aliphatic heterocycles. The molecule has 4 aromatic carbocycles. The van der Waals surface area contributed by atoms with Crippen LogP contribution in [0.2, 0.25) is 0 Å². The van der Waals surface area contributed by atoms with Gasteiger partial charge in [0.2, 0.25) is 0 Å². The highest BCUT2D eigenvalue weighted by atomic mass is 16.5. The van der Waals surface area contributed by atoms with Crippen molar-refractivity contribution in [3.05, 3.63) is 132 Å². The van der Waals surface area contributed by atoms with E-state index >= 15 is 0 Å². The standard InChI is InChI=1S/C37H34O4/c1-25(2)35(38)40-21-19-37(20-22-41-36(39)26(3)4)33-17-15-29(27-11-7-5-8-12-27)23-31(33)32-24-30(16-18-34(32)37)28-13-9-6-10-14-28/h5-18,23-24H,1,3,19-22H2,2,4H3. The highest BCUT2D eigenvalue weighted by molar-refractivity contribution is 5.89. The number of rotatable bonds is 10. The molecule has 1 aliphatic carbocycles. The van der Waals surface area contributed by atoms with Crippen molar-refractivity contribution in [2.24, 2.45) is 0 Å². The lowest BCUT2D eigenvalue weighted by Gasteiger charge is -2.32. The summed E-state index contributed by atoms with van der Waals surface area (Å²) in [5.41, 5.74) is 9.26. The molecule has 0 unspecified atom stereocenters. The Bertz CT molecular complexity index is 1490. The Balaban J connectivity index is 1.64. The molecule has 0 aromatic heterocycles. The summed E-state index contributed by atoms with van der Waals surface area (Å²) in [7, 11) is 0. The van der Waals surface area contributed by atoms with Crippen LogP contribution in [-0.2, 0) is 24.5 Å². The van der Waals surface area contributed by atoms with E-state index in [2.05, 4.69) is 73.8 Å². The number of hydrogen-bond acceptors (Lipinski definition) is 4. The van der Waals surface area contributed by atoms with Crippen molar-refractivity contribution in [3.63, 3.8) is 0 Å². The van der Waals surface area contributed by atoms with Crippen LogP contribution < -0.4 is 0 Å². The Morgan fingerprint density at radius 3 is 1.34 bits per heavy atom. The fourth-order valence-corrected chi connectivity index (χ4v) is 5.68. The monoisotopic (exact) mass is 542 g/mol. The third kappa shape index (κ3) is 5.64. The number of hydrogen-bond donors (Lipinski definition) is 0. The van der Waals surface area contributed by atoms with E-state index in [0.29, 0.717) is 24.0 Å². The van der Waals surface area contributed by atoms with Gasteiger partial charge in [-0.2, -0.15) is 0 Å². The van der Waals surface area contributed by atoms with Crippen molar-refractivity contribution in [1.82, 2.24) is 0 Å². The van der Waals surface area contributed by atoms with Gasteiger partial charge in [0.25, 0.3) is 0 Å². The van der Waals surface area contributed by atoms with Crippen LogP contribution in [0.25, 0.3) is 33.4 Å². The minimum atomic E-state index is -0.528. The maximum Gasteiger partial charge on any atom is 0.333 e. The van der Waals surface area contributed by atoms with E-state index in [0.717, 1.165) is 44.5 Å². The average Bonchev–Trinajstić information content (AvgIpc) is 3.26. The normalized spacial score (nSPS) is 12.6. The molecule has 0 amide bonds. The van der Waals surface area contributed by atoms with E-state index in [-0.39, 0.29) is 13.2 Å². The maximum absolute atomic E-state index is 12.3. The first-order valence-corrected chi connectivity index (χ1v) is 13.9. The molecule has 41 heavy (non-hydrogen) atoms. The zero-order chi connectivity index (χ0) is 29.0. The second-order valence-corrected chi connectivity index (χ2v) is 10.7. The lowest BCUT2D eigenvalue weighted by molar-refractivity contribution is -0.139. The summed E-state index contributed by atoms with van der Waals surface area (Å²) in [6.07, 6.45) is 1.07. The van der Waals surface area contributed by atoms with E-state index in [1.807, 2.05) is 36.4 Å². The summed E-state index contributed by atoms with van der Waals surface area (Å²) in [5.74, 6) is -0.822. The van der Waals surface area contributed by atoms with Crippen molar-refractivity contribution >= 4 is 11.9 Å². The Kier molecular flexibility index (Phi) is 8.02. The Hall–Kier alpha value is -4.70. The van der Waals surface area contributed by atoms with E-state index < -0.39 is 17.4 Å². The number of esters is 2. The highest BCUT2D eigenvalue weighted by Crippen LogP contribution is 2.54. The summed E-state index contributed by atoms with van der Waals surface area (Å²) < 4.78 is 11.2. The van der Waals surface area contributed by atoms with Crippen LogP contribution in [0.3, 0.4) is 0 Å². The van der Waals surface area contributed by atoms with Crippen molar-refractivity contribution in [3.8, 4) is 33.4 Å². The van der Waals surface area contributed by atoms with Gasteiger partial charge < -0.3 is 9.47 Å². The van der Waals surface area contributed by atoms with Crippen molar-refractivity contribution in [1.29, 1.82) is 0 Å². The molecule has 5 rings (SSSR count). The zero-order valence-corrected chi connectivity index (χ0v) is 23.6. The summed E-state index contributed by atoms with van der Waals surface area (Å²) in [5, 5.41) is 0. The third-order valence-corrected chi connectivity index (χ3v) is 7.80. The van der Waals surface area contributed by atoms with Gasteiger partial charge in [0.15, 0.2) is 0 Å². The summed E-state index contributed by atoms with van der Waals surface area (Å²) in [6, 6.07) is 33.8. The molecule has 0 saturated heterocycles. The Labute approximate surface area is 242 Å². The molecule has 4 aromatic rings. The van der Waals surface area contributed by atoms with Gasteiger partial charge >= 0.3 is 11.9 Å². The van der Waals surface area contributed by atoms with Crippen LogP contribution >= 0.6 is 0 Å². The highest BCUT2D eigenvalue weighted by Gasteiger charge is 2.43. The third-order valence-electron chi connectivity index (χ3n) is 7.80. The lowest BCUT2D eigenvalue weighted by atomic mass is 9.73. The van der Waals surface area contributed by atoms with Crippen molar-refractivity contribution < 1.29 is 19.1 Å². The fraction of sp³-hybridized carbons (Fsp3) is 0.189. The first-order chi connectivity index (χ1) is 19.8. The molecule has 206 valence electrons. The topological polar surface area (TPSA) is 52.6 Å². The summed E-state index contributed by atoms with van der Waals surface area (Å²) in [4.78, 5) is 24.6. The number of ether oxygens (including phenoxy) is 2. The average molecular weight is 543 g/mol. The van der Waals surface area contributed by atoms with Gasteiger partial charge in [0, 0.05) is 16.6 Å². The van der Waals surface area contributed by atoms with Gasteiger partial charge in [-0.15, -0.1) is 0 Å². The van der Waals surface area contributed by atoms with Crippen LogP contribution in [0.15, 0.2) is 121 Å². The second-order valence-electron chi connectivity index (χ2n) is 10.7. The van der Waals surface area contributed by atoms with Gasteiger partial charge in [-0.3, -0.25) is 0 Å². The molecule has 0 spiro atoms. The molecule has 1 aliphatic rings. The van der Waals surface area contributed by atoms with Crippen molar-refractivity contribution in [2.45, 2.75) is 32.1 Å². The van der Waals surface area contributed by atoms with Gasteiger partial charge in [-0.1, -0.05) is 98.1 Å². The van der Waals surface area contributed by atoms with E-state index in [1.54, 1.807) is 13.8 Å². The minimum Gasteiger partial charge on any atom is -0.462 e. The number of benzene rings is 4. The van der Waals surface area contributed by atoms with Gasteiger partial charge in [0.1, 0.15) is 0 Å². The first kappa shape index (κ1) is 27.9. The molecule has 0 heterocycles. The fourth-order valence-electron chi connectivity index (χ4n) is 5.68.